The standard InChI is InChI=1S/C22H25N3O3S/c1-15(26)16-10-11-19(27-2)17(13-16)14-29-22-24-23-21(20-9-6-12-28-20)25(22)18-7-4-3-5-8-18/h6,9-13,18H,3-5,7-8,14H2,1-2H3. The summed E-state index contributed by atoms with van der Waals surface area (Å²) in [6.07, 6.45) is 7.65. The van der Waals surface area contributed by atoms with E-state index in [-0.39, 0.29) is 5.78 Å². The third-order valence-corrected chi connectivity index (χ3v) is 6.38. The van der Waals surface area contributed by atoms with Gasteiger partial charge in [0.2, 0.25) is 5.82 Å². The fourth-order valence-corrected chi connectivity index (χ4v) is 4.85. The molecule has 7 heteroatoms. The molecule has 29 heavy (non-hydrogen) atoms. The molecule has 0 N–H and O–H groups in total. The zero-order valence-corrected chi connectivity index (χ0v) is 17.6. The van der Waals surface area contributed by atoms with Crippen molar-refractivity contribution in [2.45, 2.75) is 56.0 Å². The summed E-state index contributed by atoms with van der Waals surface area (Å²) in [5, 5.41) is 9.80. The molecule has 0 amide bonds. The highest BCUT2D eigenvalue weighted by Gasteiger charge is 2.25. The number of hydrogen-bond donors (Lipinski definition) is 0. The summed E-state index contributed by atoms with van der Waals surface area (Å²) >= 11 is 1.62. The van der Waals surface area contributed by atoms with E-state index in [9.17, 15) is 4.79 Å². The van der Waals surface area contributed by atoms with Gasteiger partial charge in [0.15, 0.2) is 16.7 Å². The van der Waals surface area contributed by atoms with E-state index in [1.165, 1.54) is 19.3 Å². The minimum Gasteiger partial charge on any atom is -0.496 e. The highest BCUT2D eigenvalue weighted by atomic mass is 32.2. The van der Waals surface area contributed by atoms with Crippen LogP contribution in [-0.4, -0.2) is 27.7 Å². The summed E-state index contributed by atoms with van der Waals surface area (Å²) in [5.41, 5.74) is 1.66. The minimum absolute atomic E-state index is 0.0457. The predicted octanol–water partition coefficient (Wildman–Crippen LogP) is 5.55. The highest BCUT2D eigenvalue weighted by molar-refractivity contribution is 7.98. The van der Waals surface area contributed by atoms with Crippen LogP contribution in [0.2, 0.25) is 0 Å². The predicted molar refractivity (Wildman–Crippen MR) is 112 cm³/mol. The second kappa shape index (κ2) is 8.86. The maximum Gasteiger partial charge on any atom is 0.200 e. The van der Waals surface area contributed by atoms with Crippen molar-refractivity contribution in [3.8, 4) is 17.3 Å². The maximum atomic E-state index is 11.8. The van der Waals surface area contributed by atoms with Gasteiger partial charge >= 0.3 is 0 Å². The van der Waals surface area contributed by atoms with Gasteiger partial charge in [0.1, 0.15) is 5.75 Å². The molecule has 0 aliphatic heterocycles. The number of thioether (sulfide) groups is 1. The van der Waals surface area contributed by atoms with Gasteiger partial charge < -0.3 is 9.15 Å². The van der Waals surface area contributed by atoms with Crippen LogP contribution in [0.1, 0.15) is 61.0 Å². The molecule has 1 saturated carbocycles. The first-order valence-corrected chi connectivity index (χ1v) is 11.0. The zero-order valence-electron chi connectivity index (χ0n) is 16.8. The number of nitrogens with zero attached hydrogens (tertiary/aromatic N) is 3. The van der Waals surface area contributed by atoms with E-state index in [1.807, 2.05) is 24.3 Å². The summed E-state index contributed by atoms with van der Waals surface area (Å²) in [6.45, 7) is 1.58. The fourth-order valence-electron chi connectivity index (χ4n) is 3.87. The number of Topliss-reactive ketones (excluding diaryl/α,β-unsaturated/α-hetero) is 1. The lowest BCUT2D eigenvalue weighted by Gasteiger charge is -2.25. The lowest BCUT2D eigenvalue weighted by atomic mass is 9.95. The van der Waals surface area contributed by atoms with Gasteiger partial charge in [-0.2, -0.15) is 0 Å². The van der Waals surface area contributed by atoms with Crippen molar-refractivity contribution in [2.75, 3.05) is 7.11 Å². The Bertz CT molecular complexity index is 975. The molecule has 2 heterocycles. The van der Waals surface area contributed by atoms with Crippen molar-refractivity contribution >= 4 is 17.5 Å². The number of hydrogen-bond acceptors (Lipinski definition) is 6. The molecule has 0 radical (unpaired) electrons. The average molecular weight is 412 g/mol. The van der Waals surface area contributed by atoms with Gasteiger partial charge in [-0.15, -0.1) is 10.2 Å². The molecule has 0 atom stereocenters. The molecule has 0 bridgehead atoms. The molecule has 0 saturated heterocycles. The topological polar surface area (TPSA) is 70.2 Å². The number of benzene rings is 1. The quantitative estimate of drug-likeness (QED) is 0.375. The molecule has 0 unspecified atom stereocenters. The molecule has 2 aromatic heterocycles. The van der Waals surface area contributed by atoms with E-state index < -0.39 is 0 Å². The Labute approximate surface area is 174 Å². The number of ketones is 1. The number of furan rings is 1. The average Bonchev–Trinajstić information content (AvgIpc) is 3.42. The first-order valence-electron chi connectivity index (χ1n) is 9.97. The van der Waals surface area contributed by atoms with Gasteiger partial charge in [0.05, 0.1) is 13.4 Å². The lowest BCUT2D eigenvalue weighted by Crippen LogP contribution is -2.15. The molecule has 3 aromatic rings. The second-order valence-corrected chi connectivity index (χ2v) is 8.26. The molecule has 1 aromatic carbocycles. The van der Waals surface area contributed by atoms with Crippen LogP contribution < -0.4 is 4.74 Å². The summed E-state index contributed by atoms with van der Waals surface area (Å²) < 4.78 is 13.4. The van der Waals surface area contributed by atoms with E-state index in [1.54, 1.807) is 38.1 Å². The molecular formula is C22H25N3O3S. The molecule has 1 aliphatic carbocycles. The number of aromatic nitrogens is 3. The Kier molecular flexibility index (Phi) is 6.04. The lowest BCUT2D eigenvalue weighted by molar-refractivity contribution is 0.101. The van der Waals surface area contributed by atoms with E-state index in [0.29, 0.717) is 17.4 Å². The largest absolute Gasteiger partial charge is 0.496 e. The van der Waals surface area contributed by atoms with Crippen molar-refractivity contribution in [3.05, 3.63) is 47.7 Å². The Morgan fingerprint density at radius 3 is 2.76 bits per heavy atom. The molecule has 6 nitrogen and oxygen atoms in total. The van der Waals surface area contributed by atoms with Gasteiger partial charge in [-0.05, 0) is 50.1 Å². The van der Waals surface area contributed by atoms with Crippen LogP contribution in [0.5, 0.6) is 5.75 Å². The third kappa shape index (κ3) is 4.24. The van der Waals surface area contributed by atoms with Gasteiger partial charge in [-0.3, -0.25) is 9.36 Å². The van der Waals surface area contributed by atoms with Crippen LogP contribution in [0.3, 0.4) is 0 Å². The van der Waals surface area contributed by atoms with Crippen LogP contribution in [-0.2, 0) is 5.75 Å². The van der Waals surface area contributed by atoms with Crippen molar-refractivity contribution in [3.63, 3.8) is 0 Å². The Balaban J connectivity index is 1.64. The van der Waals surface area contributed by atoms with Crippen molar-refractivity contribution < 1.29 is 13.9 Å². The van der Waals surface area contributed by atoms with Gasteiger partial charge in [0, 0.05) is 22.9 Å². The number of methoxy groups -OCH3 is 1. The first kappa shape index (κ1) is 19.8. The zero-order chi connectivity index (χ0) is 20.2. The van der Waals surface area contributed by atoms with Gasteiger partial charge in [0.25, 0.3) is 0 Å². The summed E-state index contributed by atoms with van der Waals surface area (Å²) in [5.74, 6) is 3.00. The SMILES string of the molecule is COc1ccc(C(C)=O)cc1CSc1nnc(-c2ccco2)n1C1CCCCC1. The van der Waals surface area contributed by atoms with E-state index in [2.05, 4.69) is 14.8 Å². The van der Waals surface area contributed by atoms with Crippen LogP contribution in [0.15, 0.2) is 46.2 Å². The number of carbonyl (C=O) groups excluding carboxylic acids is 1. The van der Waals surface area contributed by atoms with Crippen LogP contribution >= 0.6 is 11.8 Å². The van der Waals surface area contributed by atoms with Gasteiger partial charge in [-0.25, -0.2) is 0 Å². The molecular weight excluding hydrogens is 386 g/mol. The summed E-state index contributed by atoms with van der Waals surface area (Å²) in [7, 11) is 1.65. The number of ether oxygens (including phenoxy) is 1. The minimum atomic E-state index is 0.0457. The fraction of sp³-hybridized carbons (Fsp3) is 0.409. The maximum absolute atomic E-state index is 11.8. The summed E-state index contributed by atoms with van der Waals surface area (Å²) in [4.78, 5) is 11.8. The van der Waals surface area contributed by atoms with Crippen molar-refractivity contribution in [1.82, 2.24) is 14.8 Å². The van der Waals surface area contributed by atoms with Crippen LogP contribution in [0.4, 0.5) is 0 Å². The normalized spacial score (nSPS) is 14.8. The summed E-state index contributed by atoms with van der Waals surface area (Å²) in [6, 6.07) is 9.74. The number of rotatable bonds is 7. The molecule has 152 valence electrons. The van der Waals surface area contributed by atoms with Crippen molar-refractivity contribution in [1.29, 1.82) is 0 Å². The molecule has 0 spiro atoms. The van der Waals surface area contributed by atoms with E-state index >= 15 is 0 Å². The smallest absolute Gasteiger partial charge is 0.200 e. The Hall–Kier alpha value is -2.54. The van der Waals surface area contributed by atoms with Gasteiger partial charge in [-0.1, -0.05) is 31.0 Å². The van der Waals surface area contributed by atoms with Crippen LogP contribution in [0, 0.1) is 0 Å². The molecule has 1 aliphatic rings. The van der Waals surface area contributed by atoms with E-state index in [0.717, 1.165) is 40.9 Å². The first-order chi connectivity index (χ1) is 14.2. The third-order valence-electron chi connectivity index (χ3n) is 5.39. The van der Waals surface area contributed by atoms with E-state index in [4.69, 9.17) is 9.15 Å². The number of carbonyl (C=O) groups is 1. The Morgan fingerprint density at radius 1 is 1.24 bits per heavy atom. The molecule has 4 rings (SSSR count). The Morgan fingerprint density at radius 2 is 2.07 bits per heavy atom. The molecule has 1 fully saturated rings. The second-order valence-electron chi connectivity index (χ2n) is 7.32. The van der Waals surface area contributed by atoms with Crippen molar-refractivity contribution in [2.24, 2.45) is 0 Å². The van der Waals surface area contributed by atoms with Crippen LogP contribution in [0.25, 0.3) is 11.6 Å². The highest BCUT2D eigenvalue weighted by Crippen LogP contribution is 2.37. The monoisotopic (exact) mass is 411 g/mol.